The van der Waals surface area contributed by atoms with Gasteiger partial charge in [0.2, 0.25) is 0 Å². The lowest BCUT2D eigenvalue weighted by Gasteiger charge is -2.29. The third-order valence-corrected chi connectivity index (χ3v) is 8.61. The molecule has 2 aliphatic rings. The fourth-order valence-electron chi connectivity index (χ4n) is 3.48. The summed E-state index contributed by atoms with van der Waals surface area (Å²) in [5, 5.41) is 10.7. The van der Waals surface area contributed by atoms with E-state index in [9.17, 15) is 13.7 Å². The minimum absolute atomic E-state index is 0.212. The highest BCUT2D eigenvalue weighted by atomic mass is 32.3. The van der Waals surface area contributed by atoms with Crippen LogP contribution in [0.1, 0.15) is 11.1 Å². The van der Waals surface area contributed by atoms with E-state index >= 15 is 0 Å². The van der Waals surface area contributed by atoms with Crippen LogP contribution in [0.2, 0.25) is 0 Å². The summed E-state index contributed by atoms with van der Waals surface area (Å²) in [5.74, 6) is 0. The normalized spacial score (nSPS) is 20.4. The SMILES string of the molecule is Cc1ccc(S(=O)(=O)N2SC(N3CCOCC3)=C(C#N)C2/C=C/c2ccccc2)cc1. The van der Waals surface area contributed by atoms with Gasteiger partial charge in [0, 0.05) is 13.1 Å². The average molecular weight is 454 g/mol. The molecule has 0 amide bonds. The molecule has 0 radical (unpaired) electrons. The van der Waals surface area contributed by atoms with Crippen LogP contribution in [-0.4, -0.2) is 49.4 Å². The number of nitriles is 1. The highest BCUT2D eigenvalue weighted by Crippen LogP contribution is 2.44. The van der Waals surface area contributed by atoms with E-state index in [-0.39, 0.29) is 4.90 Å². The van der Waals surface area contributed by atoms with Gasteiger partial charge in [0.25, 0.3) is 10.0 Å². The molecule has 4 rings (SSSR count). The Morgan fingerprint density at radius 1 is 1.10 bits per heavy atom. The van der Waals surface area contributed by atoms with Gasteiger partial charge in [0.1, 0.15) is 5.03 Å². The Hall–Kier alpha value is -2.57. The summed E-state index contributed by atoms with van der Waals surface area (Å²) in [4.78, 5) is 2.25. The van der Waals surface area contributed by atoms with Crippen molar-refractivity contribution in [3.05, 3.63) is 82.4 Å². The first-order valence-corrected chi connectivity index (χ1v) is 12.2. The number of hydrogen-bond donors (Lipinski definition) is 0. The quantitative estimate of drug-likeness (QED) is 0.641. The standard InChI is InChI=1S/C23H23N3O3S2/c1-18-7-10-20(11-8-18)31(27,28)26-22(12-9-19-5-3-2-4-6-19)21(17-24)23(30-26)25-13-15-29-16-14-25/h2-12,22H,13-16H2,1H3/b12-9+. The lowest BCUT2D eigenvalue weighted by Crippen LogP contribution is -2.35. The second kappa shape index (κ2) is 9.28. The fraction of sp³-hybridized carbons (Fsp3) is 0.261. The van der Waals surface area contributed by atoms with Crippen molar-refractivity contribution in [1.29, 1.82) is 5.26 Å². The fourth-order valence-corrected chi connectivity index (χ4v) is 6.52. The van der Waals surface area contributed by atoms with E-state index in [1.54, 1.807) is 30.3 Å². The van der Waals surface area contributed by atoms with Crippen LogP contribution in [0.4, 0.5) is 0 Å². The summed E-state index contributed by atoms with van der Waals surface area (Å²) in [6.45, 7) is 4.27. The molecule has 8 heteroatoms. The van der Waals surface area contributed by atoms with Crippen LogP contribution < -0.4 is 0 Å². The van der Waals surface area contributed by atoms with E-state index in [1.807, 2.05) is 48.2 Å². The molecule has 0 spiro atoms. The van der Waals surface area contributed by atoms with Crippen LogP contribution >= 0.6 is 11.9 Å². The second-order valence-corrected chi connectivity index (χ2v) is 10.3. The molecule has 2 heterocycles. The summed E-state index contributed by atoms with van der Waals surface area (Å²) >= 11 is 1.12. The summed E-state index contributed by atoms with van der Waals surface area (Å²) < 4.78 is 33.9. The van der Waals surface area contributed by atoms with Gasteiger partial charge in [-0.2, -0.15) is 5.26 Å². The minimum atomic E-state index is -3.83. The third-order valence-electron chi connectivity index (χ3n) is 5.17. The van der Waals surface area contributed by atoms with Crippen LogP contribution in [0.5, 0.6) is 0 Å². The molecule has 1 fully saturated rings. The van der Waals surface area contributed by atoms with Gasteiger partial charge in [0.15, 0.2) is 0 Å². The van der Waals surface area contributed by atoms with Crippen molar-refractivity contribution >= 4 is 28.0 Å². The first kappa shape index (κ1) is 21.7. The number of benzene rings is 2. The molecule has 0 N–H and O–H groups in total. The van der Waals surface area contributed by atoms with Crippen molar-refractivity contribution in [2.75, 3.05) is 26.3 Å². The highest BCUT2D eigenvalue weighted by Gasteiger charge is 2.43. The Kier molecular flexibility index (Phi) is 6.49. The van der Waals surface area contributed by atoms with Crippen LogP contribution in [-0.2, 0) is 14.8 Å². The predicted octanol–water partition coefficient (Wildman–Crippen LogP) is 3.80. The Morgan fingerprint density at radius 2 is 1.77 bits per heavy atom. The summed E-state index contributed by atoms with van der Waals surface area (Å²) in [5.41, 5.74) is 2.37. The zero-order chi connectivity index (χ0) is 21.8. The predicted molar refractivity (Wildman–Crippen MR) is 122 cm³/mol. The third kappa shape index (κ3) is 4.55. The van der Waals surface area contributed by atoms with Crippen LogP contribution in [0.15, 0.2) is 76.2 Å². The zero-order valence-electron chi connectivity index (χ0n) is 17.1. The van der Waals surface area contributed by atoms with Crippen molar-refractivity contribution in [3.63, 3.8) is 0 Å². The molecular weight excluding hydrogens is 430 g/mol. The topological polar surface area (TPSA) is 73.6 Å². The maximum atomic E-state index is 13.5. The van der Waals surface area contributed by atoms with Crippen molar-refractivity contribution in [3.8, 4) is 6.07 Å². The van der Waals surface area contributed by atoms with Gasteiger partial charge in [-0.3, -0.25) is 0 Å². The maximum absolute atomic E-state index is 13.5. The van der Waals surface area contributed by atoms with E-state index < -0.39 is 16.1 Å². The monoisotopic (exact) mass is 453 g/mol. The minimum Gasteiger partial charge on any atom is -0.378 e. The molecule has 31 heavy (non-hydrogen) atoms. The lowest BCUT2D eigenvalue weighted by molar-refractivity contribution is 0.0575. The lowest BCUT2D eigenvalue weighted by atomic mass is 10.1. The van der Waals surface area contributed by atoms with Crippen molar-refractivity contribution < 1.29 is 13.2 Å². The second-order valence-electron chi connectivity index (χ2n) is 7.31. The van der Waals surface area contributed by atoms with Gasteiger partial charge in [-0.15, -0.1) is 3.71 Å². The smallest absolute Gasteiger partial charge is 0.253 e. The number of morpholine rings is 1. The molecule has 160 valence electrons. The van der Waals surface area contributed by atoms with Crippen LogP contribution in [0.25, 0.3) is 6.08 Å². The summed E-state index contributed by atoms with van der Waals surface area (Å²) in [7, 11) is -3.83. The van der Waals surface area contributed by atoms with Gasteiger partial charge >= 0.3 is 0 Å². The molecule has 0 aliphatic carbocycles. The largest absolute Gasteiger partial charge is 0.378 e. The van der Waals surface area contributed by atoms with Gasteiger partial charge in [-0.1, -0.05) is 60.2 Å². The molecule has 1 atom stereocenters. The van der Waals surface area contributed by atoms with Crippen LogP contribution in [0.3, 0.4) is 0 Å². The first-order valence-electron chi connectivity index (χ1n) is 10.00. The van der Waals surface area contributed by atoms with Gasteiger partial charge < -0.3 is 9.64 Å². The number of ether oxygens (including phenoxy) is 1. The number of nitrogens with zero attached hydrogens (tertiary/aromatic N) is 3. The van der Waals surface area contributed by atoms with E-state index in [0.29, 0.717) is 36.9 Å². The Labute approximate surface area is 187 Å². The number of hydrogen-bond acceptors (Lipinski definition) is 6. The van der Waals surface area contributed by atoms with Gasteiger partial charge in [0.05, 0.1) is 35.8 Å². The summed E-state index contributed by atoms with van der Waals surface area (Å²) in [6.07, 6.45) is 3.66. The molecule has 0 bridgehead atoms. The number of rotatable bonds is 5. The molecule has 2 aliphatic heterocycles. The van der Waals surface area contributed by atoms with Gasteiger partial charge in [-0.25, -0.2) is 8.42 Å². The number of aryl methyl sites for hydroxylation is 1. The first-order chi connectivity index (χ1) is 15.0. The van der Waals surface area contributed by atoms with E-state index in [0.717, 1.165) is 23.1 Å². The zero-order valence-corrected chi connectivity index (χ0v) is 18.8. The maximum Gasteiger partial charge on any atom is 0.253 e. The van der Waals surface area contributed by atoms with Gasteiger partial charge in [-0.05, 0) is 36.6 Å². The molecule has 2 aromatic carbocycles. The Balaban J connectivity index is 1.75. The molecule has 2 aromatic rings. The average Bonchev–Trinajstić information content (AvgIpc) is 3.18. The van der Waals surface area contributed by atoms with Crippen molar-refractivity contribution in [2.45, 2.75) is 17.9 Å². The summed E-state index contributed by atoms with van der Waals surface area (Å²) in [6, 6.07) is 18.0. The molecule has 1 unspecified atom stereocenters. The molecule has 0 saturated carbocycles. The number of sulfonamides is 1. The highest BCUT2D eigenvalue weighted by molar-refractivity contribution is 8.11. The van der Waals surface area contributed by atoms with Crippen LogP contribution in [0, 0.1) is 18.3 Å². The molecular formula is C23H23N3O3S2. The van der Waals surface area contributed by atoms with E-state index in [4.69, 9.17) is 4.74 Å². The van der Waals surface area contributed by atoms with E-state index in [1.165, 1.54) is 3.71 Å². The van der Waals surface area contributed by atoms with Crippen molar-refractivity contribution in [1.82, 2.24) is 8.61 Å². The van der Waals surface area contributed by atoms with E-state index in [2.05, 4.69) is 6.07 Å². The van der Waals surface area contributed by atoms with Crippen molar-refractivity contribution in [2.24, 2.45) is 0 Å². The molecule has 1 saturated heterocycles. The molecule has 0 aromatic heterocycles. The Bertz CT molecular complexity index is 1130. The molecule has 6 nitrogen and oxygen atoms in total. The Morgan fingerprint density at radius 3 is 2.42 bits per heavy atom.